The molecule has 0 saturated carbocycles. The third-order valence-electron chi connectivity index (χ3n) is 2.31. The molecule has 2 rings (SSSR count). The number of benzene rings is 1. The van der Waals surface area contributed by atoms with Crippen molar-refractivity contribution in [3.05, 3.63) is 35.6 Å². The summed E-state index contributed by atoms with van der Waals surface area (Å²) < 4.78 is 46.6. The first-order valence-corrected chi connectivity index (χ1v) is 4.60. The lowest BCUT2D eigenvalue weighted by atomic mass is 10.1. The molecule has 3 nitrogen and oxygen atoms in total. The molecule has 0 saturated heterocycles. The monoisotopic (exact) mass is 244 g/mol. The molecule has 0 fully saturated rings. The van der Waals surface area contributed by atoms with Crippen LogP contribution in [-0.4, -0.2) is 13.1 Å². The Bertz CT molecular complexity index is 569. The lowest BCUT2D eigenvalue weighted by molar-refractivity contribution is -0.137. The summed E-state index contributed by atoms with van der Waals surface area (Å²) in [5, 5.41) is 0.296. The average Bonchev–Trinajstić information content (AvgIpc) is 2.69. The first-order valence-electron chi connectivity index (χ1n) is 4.60. The molecule has 1 heterocycles. The Morgan fingerprint density at radius 2 is 2.06 bits per heavy atom. The SMILES string of the molecule is COC(=O)c1coc2cc(C(F)(F)F)ccc12. The molecule has 0 N–H and O–H groups in total. The number of rotatable bonds is 1. The van der Waals surface area contributed by atoms with Gasteiger partial charge in [-0.1, -0.05) is 0 Å². The van der Waals surface area contributed by atoms with Crippen LogP contribution < -0.4 is 0 Å². The zero-order chi connectivity index (χ0) is 12.6. The molecule has 0 unspecified atom stereocenters. The van der Waals surface area contributed by atoms with E-state index < -0.39 is 17.7 Å². The maximum atomic E-state index is 12.4. The van der Waals surface area contributed by atoms with Crippen LogP contribution in [0.2, 0.25) is 0 Å². The topological polar surface area (TPSA) is 39.4 Å². The van der Waals surface area contributed by atoms with Crippen molar-refractivity contribution in [1.29, 1.82) is 0 Å². The van der Waals surface area contributed by atoms with E-state index >= 15 is 0 Å². The van der Waals surface area contributed by atoms with Crippen molar-refractivity contribution in [1.82, 2.24) is 0 Å². The van der Waals surface area contributed by atoms with Gasteiger partial charge in [0, 0.05) is 5.39 Å². The smallest absolute Gasteiger partial charge is 0.416 e. The van der Waals surface area contributed by atoms with Gasteiger partial charge in [-0.05, 0) is 18.2 Å². The second-order valence-corrected chi connectivity index (χ2v) is 3.35. The number of carbonyl (C=O) groups excluding carboxylic acids is 1. The van der Waals surface area contributed by atoms with Gasteiger partial charge in [-0.15, -0.1) is 0 Å². The van der Waals surface area contributed by atoms with E-state index in [1.807, 2.05) is 0 Å². The molecule has 0 atom stereocenters. The molecule has 6 heteroatoms. The van der Waals surface area contributed by atoms with Crippen LogP contribution >= 0.6 is 0 Å². The Balaban J connectivity index is 2.56. The van der Waals surface area contributed by atoms with E-state index in [-0.39, 0.29) is 11.1 Å². The van der Waals surface area contributed by atoms with Gasteiger partial charge in [0.05, 0.1) is 12.7 Å². The van der Waals surface area contributed by atoms with Gasteiger partial charge >= 0.3 is 12.1 Å². The molecule has 1 aromatic carbocycles. The molecule has 0 radical (unpaired) electrons. The standard InChI is InChI=1S/C11H7F3O3/c1-16-10(15)8-5-17-9-4-6(11(12,13)14)2-3-7(8)9/h2-5H,1H3. The highest BCUT2D eigenvalue weighted by Gasteiger charge is 2.31. The molecule has 0 aliphatic heterocycles. The lowest BCUT2D eigenvalue weighted by Crippen LogP contribution is -2.04. The summed E-state index contributed by atoms with van der Waals surface area (Å²) >= 11 is 0. The quantitative estimate of drug-likeness (QED) is 0.723. The van der Waals surface area contributed by atoms with Gasteiger partial charge in [-0.2, -0.15) is 13.2 Å². The van der Waals surface area contributed by atoms with Crippen molar-refractivity contribution in [3.8, 4) is 0 Å². The third-order valence-corrected chi connectivity index (χ3v) is 2.31. The molecule has 17 heavy (non-hydrogen) atoms. The summed E-state index contributed by atoms with van der Waals surface area (Å²) in [7, 11) is 1.19. The van der Waals surface area contributed by atoms with E-state index in [0.29, 0.717) is 5.39 Å². The largest absolute Gasteiger partial charge is 0.465 e. The van der Waals surface area contributed by atoms with Crippen LogP contribution in [0.3, 0.4) is 0 Å². The second-order valence-electron chi connectivity index (χ2n) is 3.35. The Morgan fingerprint density at radius 1 is 1.35 bits per heavy atom. The van der Waals surface area contributed by atoms with Gasteiger partial charge in [0.25, 0.3) is 0 Å². The lowest BCUT2D eigenvalue weighted by Gasteiger charge is -2.05. The van der Waals surface area contributed by atoms with Crippen molar-refractivity contribution in [3.63, 3.8) is 0 Å². The molecule has 0 spiro atoms. The number of methoxy groups -OCH3 is 1. The van der Waals surface area contributed by atoms with Crippen LogP contribution in [-0.2, 0) is 10.9 Å². The number of hydrogen-bond acceptors (Lipinski definition) is 3. The number of alkyl halides is 3. The fourth-order valence-corrected chi connectivity index (χ4v) is 1.47. The first-order chi connectivity index (χ1) is 7.93. The minimum Gasteiger partial charge on any atom is -0.465 e. The van der Waals surface area contributed by atoms with Crippen molar-refractivity contribution >= 4 is 16.9 Å². The molecule has 0 amide bonds. The average molecular weight is 244 g/mol. The number of halogens is 3. The molecular formula is C11H7F3O3. The molecule has 0 aliphatic rings. The van der Waals surface area contributed by atoms with Gasteiger partial charge in [0.1, 0.15) is 17.4 Å². The van der Waals surface area contributed by atoms with Gasteiger partial charge < -0.3 is 9.15 Å². The summed E-state index contributed by atoms with van der Waals surface area (Å²) in [6.07, 6.45) is -3.36. The predicted molar refractivity (Wildman–Crippen MR) is 52.6 cm³/mol. The van der Waals surface area contributed by atoms with Crippen LogP contribution in [0.5, 0.6) is 0 Å². The van der Waals surface area contributed by atoms with Crippen LogP contribution in [0.1, 0.15) is 15.9 Å². The van der Waals surface area contributed by atoms with Crippen molar-refractivity contribution in [2.75, 3.05) is 7.11 Å². The normalized spacial score (nSPS) is 11.8. The minimum atomic E-state index is -4.44. The number of furan rings is 1. The molecule has 2 aromatic rings. The van der Waals surface area contributed by atoms with E-state index in [4.69, 9.17) is 4.42 Å². The van der Waals surface area contributed by atoms with Crippen LogP contribution in [0, 0.1) is 0 Å². The van der Waals surface area contributed by atoms with Gasteiger partial charge in [-0.3, -0.25) is 0 Å². The second kappa shape index (κ2) is 3.80. The fourth-order valence-electron chi connectivity index (χ4n) is 1.47. The minimum absolute atomic E-state index is 0.000208. The maximum Gasteiger partial charge on any atom is 0.416 e. The summed E-state index contributed by atoms with van der Waals surface area (Å²) in [5.41, 5.74) is -0.716. The Kier molecular flexibility index (Phi) is 2.57. The molecule has 0 bridgehead atoms. The van der Waals surface area contributed by atoms with Crippen LogP contribution in [0.15, 0.2) is 28.9 Å². The molecule has 90 valence electrons. The molecule has 0 aliphatic carbocycles. The van der Waals surface area contributed by atoms with E-state index in [9.17, 15) is 18.0 Å². The highest BCUT2D eigenvalue weighted by atomic mass is 19.4. The van der Waals surface area contributed by atoms with Gasteiger partial charge in [0.15, 0.2) is 0 Å². The van der Waals surface area contributed by atoms with E-state index in [0.717, 1.165) is 18.4 Å². The molecular weight excluding hydrogens is 237 g/mol. The number of carbonyl (C=O) groups is 1. The maximum absolute atomic E-state index is 12.4. The Hall–Kier alpha value is -1.98. The van der Waals surface area contributed by atoms with Crippen molar-refractivity contribution in [2.24, 2.45) is 0 Å². The highest BCUT2D eigenvalue weighted by molar-refractivity contribution is 6.03. The van der Waals surface area contributed by atoms with Crippen LogP contribution in [0.4, 0.5) is 13.2 Å². The molecule has 1 aromatic heterocycles. The zero-order valence-electron chi connectivity index (χ0n) is 8.67. The summed E-state index contributed by atoms with van der Waals surface area (Å²) in [5.74, 6) is -0.650. The van der Waals surface area contributed by atoms with Crippen molar-refractivity contribution in [2.45, 2.75) is 6.18 Å². The van der Waals surface area contributed by atoms with Crippen molar-refractivity contribution < 1.29 is 27.1 Å². The van der Waals surface area contributed by atoms with Gasteiger partial charge in [-0.25, -0.2) is 4.79 Å². The highest BCUT2D eigenvalue weighted by Crippen LogP contribution is 2.32. The summed E-state index contributed by atoms with van der Waals surface area (Å²) in [6, 6.07) is 2.93. The predicted octanol–water partition coefficient (Wildman–Crippen LogP) is 3.24. The number of ether oxygens (including phenoxy) is 1. The first kappa shape index (κ1) is 11.5. The van der Waals surface area contributed by atoms with E-state index in [1.54, 1.807) is 0 Å². The number of esters is 1. The van der Waals surface area contributed by atoms with Gasteiger partial charge in [0.2, 0.25) is 0 Å². The van der Waals surface area contributed by atoms with E-state index in [2.05, 4.69) is 4.74 Å². The zero-order valence-corrected chi connectivity index (χ0v) is 8.67. The Labute approximate surface area is 93.8 Å². The summed E-state index contributed by atoms with van der Waals surface area (Å²) in [6.45, 7) is 0. The Morgan fingerprint density at radius 3 is 2.65 bits per heavy atom. The number of hydrogen-bond donors (Lipinski definition) is 0. The number of fused-ring (bicyclic) bond motifs is 1. The van der Waals surface area contributed by atoms with E-state index in [1.165, 1.54) is 13.2 Å². The third kappa shape index (κ3) is 1.98. The fraction of sp³-hybridized carbons (Fsp3) is 0.182. The van der Waals surface area contributed by atoms with Crippen LogP contribution in [0.25, 0.3) is 11.0 Å². The summed E-state index contributed by atoms with van der Waals surface area (Å²) in [4.78, 5) is 11.3.